The van der Waals surface area contributed by atoms with Crippen LogP contribution in [-0.4, -0.2) is 41.9 Å². The summed E-state index contributed by atoms with van der Waals surface area (Å²) in [5.41, 5.74) is 0.0253. The van der Waals surface area contributed by atoms with Crippen molar-refractivity contribution in [3.8, 4) is 0 Å². The maximum Gasteiger partial charge on any atom is 0.330 e. The Bertz CT molecular complexity index is 335. The summed E-state index contributed by atoms with van der Waals surface area (Å²) in [6, 6.07) is 0.236. The third kappa shape index (κ3) is 2.78. The van der Waals surface area contributed by atoms with Gasteiger partial charge in [0.2, 0.25) is 0 Å². The van der Waals surface area contributed by atoms with Gasteiger partial charge in [0.05, 0.1) is 13.7 Å². The molecule has 1 amide bonds. The molecule has 0 bridgehead atoms. The van der Waals surface area contributed by atoms with Crippen LogP contribution in [0.4, 0.5) is 0 Å². The van der Waals surface area contributed by atoms with Gasteiger partial charge in [-0.1, -0.05) is 5.16 Å². The van der Waals surface area contributed by atoms with Crippen molar-refractivity contribution in [2.45, 2.75) is 6.04 Å². The summed E-state index contributed by atoms with van der Waals surface area (Å²) < 4.78 is 8.81. The number of aromatic nitrogens is 1. The zero-order chi connectivity index (χ0) is 11.3. The van der Waals surface area contributed by atoms with E-state index in [1.807, 2.05) is 0 Å². The summed E-state index contributed by atoms with van der Waals surface area (Å²) in [6.07, 6.45) is 1.22. The van der Waals surface area contributed by atoms with Gasteiger partial charge >= 0.3 is 5.97 Å². The smallest absolute Gasteiger partial charge is 0.330 e. The molecule has 0 aliphatic carbocycles. The fourth-order valence-electron chi connectivity index (χ4n) is 0.883. The van der Waals surface area contributed by atoms with Crippen LogP contribution >= 0.6 is 0 Å². The third-order valence-corrected chi connectivity index (χ3v) is 1.64. The van der Waals surface area contributed by atoms with Crippen LogP contribution in [0.3, 0.4) is 0 Å². The highest BCUT2D eigenvalue weighted by Gasteiger charge is 2.22. The average Bonchev–Trinajstić information content (AvgIpc) is 2.77. The molecule has 7 heteroatoms. The van der Waals surface area contributed by atoms with Crippen LogP contribution in [0.15, 0.2) is 16.9 Å². The van der Waals surface area contributed by atoms with E-state index in [1.54, 1.807) is 0 Å². The van der Waals surface area contributed by atoms with Crippen molar-refractivity contribution >= 4 is 11.9 Å². The normalized spacial score (nSPS) is 11.9. The molecule has 1 aromatic heterocycles. The lowest BCUT2D eigenvalue weighted by Gasteiger charge is -2.12. The van der Waals surface area contributed by atoms with E-state index >= 15 is 0 Å². The van der Waals surface area contributed by atoms with E-state index in [1.165, 1.54) is 12.3 Å². The monoisotopic (exact) mass is 214 g/mol. The number of carbonyl (C=O) groups excluding carboxylic acids is 2. The number of nitrogens with zero attached hydrogens (tertiary/aromatic N) is 1. The molecule has 1 unspecified atom stereocenters. The summed E-state index contributed by atoms with van der Waals surface area (Å²) in [4.78, 5) is 22.4. The lowest BCUT2D eigenvalue weighted by molar-refractivity contribution is -0.143. The van der Waals surface area contributed by atoms with E-state index in [9.17, 15) is 9.59 Å². The van der Waals surface area contributed by atoms with Gasteiger partial charge in [0, 0.05) is 6.07 Å². The van der Waals surface area contributed by atoms with Crippen LogP contribution < -0.4 is 5.32 Å². The molecule has 0 aromatic carbocycles. The maximum absolute atomic E-state index is 11.3. The van der Waals surface area contributed by atoms with Crippen molar-refractivity contribution in [2.24, 2.45) is 0 Å². The third-order valence-electron chi connectivity index (χ3n) is 1.64. The van der Waals surface area contributed by atoms with Gasteiger partial charge in [-0.05, 0) is 0 Å². The van der Waals surface area contributed by atoms with Gasteiger partial charge in [0.25, 0.3) is 5.91 Å². The maximum atomic E-state index is 11.3. The molecule has 1 heterocycles. The second kappa shape index (κ2) is 5.11. The number of hydrogen-bond donors (Lipinski definition) is 2. The minimum atomic E-state index is -1.10. The van der Waals surface area contributed by atoms with Crippen LogP contribution in [0.5, 0.6) is 0 Å². The second-order valence-corrected chi connectivity index (χ2v) is 2.62. The Kier molecular flexibility index (Phi) is 3.81. The Morgan fingerprint density at radius 3 is 2.93 bits per heavy atom. The SMILES string of the molecule is COC(=O)C(CO)NC(=O)c1ccon1. The minimum Gasteiger partial charge on any atom is -0.467 e. The van der Waals surface area contributed by atoms with Crippen molar-refractivity contribution in [2.75, 3.05) is 13.7 Å². The molecule has 2 N–H and O–H groups in total. The van der Waals surface area contributed by atoms with Gasteiger partial charge in [-0.15, -0.1) is 0 Å². The van der Waals surface area contributed by atoms with Crippen LogP contribution in [-0.2, 0) is 9.53 Å². The Balaban J connectivity index is 2.60. The highest BCUT2D eigenvalue weighted by molar-refractivity contribution is 5.94. The quantitative estimate of drug-likeness (QED) is 0.619. The molecule has 0 aliphatic heterocycles. The Morgan fingerprint density at radius 2 is 2.47 bits per heavy atom. The van der Waals surface area contributed by atoms with Crippen molar-refractivity contribution in [1.29, 1.82) is 0 Å². The number of ether oxygens (including phenoxy) is 1. The molecule has 0 saturated heterocycles. The first-order chi connectivity index (χ1) is 7.19. The summed E-state index contributed by atoms with van der Waals surface area (Å²) in [7, 11) is 1.16. The van der Waals surface area contributed by atoms with Gasteiger partial charge in [-0.25, -0.2) is 4.79 Å². The number of amides is 1. The van der Waals surface area contributed by atoms with Gasteiger partial charge < -0.3 is 19.7 Å². The summed E-state index contributed by atoms with van der Waals surface area (Å²) in [6.45, 7) is -0.545. The highest BCUT2D eigenvalue weighted by atomic mass is 16.5. The van der Waals surface area contributed by atoms with Crippen molar-refractivity contribution < 1.29 is 24.0 Å². The summed E-state index contributed by atoms with van der Waals surface area (Å²) in [5, 5.41) is 14.4. The van der Waals surface area contributed by atoms with Crippen LogP contribution in [0.1, 0.15) is 10.5 Å². The van der Waals surface area contributed by atoms with Crippen molar-refractivity contribution in [3.05, 3.63) is 18.0 Å². The Hall–Kier alpha value is -1.89. The molecule has 1 rings (SSSR count). The largest absolute Gasteiger partial charge is 0.467 e. The number of nitrogens with one attached hydrogen (secondary N) is 1. The first kappa shape index (κ1) is 11.2. The van der Waals surface area contributed by atoms with E-state index in [0.717, 1.165) is 7.11 Å². The molecule has 0 saturated carbocycles. The fraction of sp³-hybridized carbons (Fsp3) is 0.375. The highest BCUT2D eigenvalue weighted by Crippen LogP contribution is 1.96. The standard InChI is InChI=1S/C8H10N2O5/c1-14-8(13)6(4-11)9-7(12)5-2-3-15-10-5/h2-3,6,11H,4H2,1H3,(H,9,12). The van der Waals surface area contributed by atoms with E-state index in [4.69, 9.17) is 5.11 Å². The molecule has 15 heavy (non-hydrogen) atoms. The van der Waals surface area contributed by atoms with E-state index < -0.39 is 24.5 Å². The van der Waals surface area contributed by atoms with E-state index in [2.05, 4.69) is 19.7 Å². The van der Waals surface area contributed by atoms with Crippen LogP contribution in [0.25, 0.3) is 0 Å². The Labute approximate surface area is 85.0 Å². The molecular formula is C8H10N2O5. The van der Waals surface area contributed by atoms with E-state index in [-0.39, 0.29) is 5.69 Å². The van der Waals surface area contributed by atoms with Gasteiger partial charge in [0.1, 0.15) is 6.26 Å². The molecule has 1 aromatic rings. The zero-order valence-corrected chi connectivity index (χ0v) is 7.97. The van der Waals surface area contributed by atoms with Crippen LogP contribution in [0, 0.1) is 0 Å². The number of aliphatic hydroxyl groups is 1. The first-order valence-corrected chi connectivity index (χ1v) is 4.09. The van der Waals surface area contributed by atoms with Gasteiger partial charge in [-0.2, -0.15) is 0 Å². The topological polar surface area (TPSA) is 102 Å². The molecular weight excluding hydrogens is 204 g/mol. The summed E-state index contributed by atoms with van der Waals surface area (Å²) in [5.74, 6) is -1.34. The minimum absolute atomic E-state index is 0.0253. The first-order valence-electron chi connectivity index (χ1n) is 4.09. The molecule has 0 spiro atoms. The van der Waals surface area contributed by atoms with Crippen LogP contribution in [0.2, 0.25) is 0 Å². The zero-order valence-electron chi connectivity index (χ0n) is 7.97. The molecule has 0 fully saturated rings. The summed E-state index contributed by atoms with van der Waals surface area (Å²) >= 11 is 0. The second-order valence-electron chi connectivity index (χ2n) is 2.62. The molecule has 0 aliphatic rings. The number of hydrogen-bond acceptors (Lipinski definition) is 6. The molecule has 1 atom stereocenters. The lowest BCUT2D eigenvalue weighted by Crippen LogP contribution is -2.44. The lowest BCUT2D eigenvalue weighted by atomic mass is 10.3. The number of aliphatic hydroxyl groups excluding tert-OH is 1. The number of rotatable bonds is 4. The average molecular weight is 214 g/mol. The van der Waals surface area contributed by atoms with Gasteiger partial charge in [0.15, 0.2) is 11.7 Å². The van der Waals surface area contributed by atoms with Gasteiger partial charge in [-0.3, -0.25) is 4.79 Å². The molecule has 82 valence electrons. The number of methoxy groups -OCH3 is 1. The fourth-order valence-corrected chi connectivity index (χ4v) is 0.883. The number of esters is 1. The van der Waals surface area contributed by atoms with E-state index in [0.29, 0.717) is 0 Å². The Morgan fingerprint density at radius 1 is 1.73 bits per heavy atom. The van der Waals surface area contributed by atoms with Crippen molar-refractivity contribution in [1.82, 2.24) is 10.5 Å². The molecule has 0 radical (unpaired) electrons. The predicted molar refractivity (Wildman–Crippen MR) is 46.9 cm³/mol. The predicted octanol–water partition coefficient (Wildman–Crippen LogP) is -1.06. The van der Waals surface area contributed by atoms with Crippen molar-refractivity contribution in [3.63, 3.8) is 0 Å². The molecule has 7 nitrogen and oxygen atoms in total. The number of carbonyl (C=O) groups is 2.